The Morgan fingerprint density at radius 2 is 2.06 bits per heavy atom. The largest absolute Gasteiger partial charge is 0.315 e. The predicted molar refractivity (Wildman–Crippen MR) is 73.0 cm³/mol. The van der Waals surface area contributed by atoms with Gasteiger partial charge in [0.05, 0.1) is 5.75 Å². The van der Waals surface area contributed by atoms with Crippen LogP contribution in [0.1, 0.15) is 12.0 Å². The predicted octanol–water partition coefficient (Wildman–Crippen LogP) is 0.853. The van der Waals surface area contributed by atoms with Crippen molar-refractivity contribution in [2.24, 2.45) is 0 Å². The molecule has 1 aliphatic rings. The van der Waals surface area contributed by atoms with Crippen LogP contribution in [-0.2, 0) is 16.4 Å². The molecule has 1 unspecified atom stereocenters. The van der Waals surface area contributed by atoms with Crippen molar-refractivity contribution in [2.45, 2.75) is 18.9 Å². The number of sulfonamides is 1. The van der Waals surface area contributed by atoms with Crippen molar-refractivity contribution in [1.82, 2.24) is 9.62 Å². The highest BCUT2D eigenvalue weighted by molar-refractivity contribution is 7.89. The number of hydrogen-bond acceptors (Lipinski definition) is 3. The zero-order chi connectivity index (χ0) is 13.0. The molecular weight excluding hydrogens is 248 g/mol. The van der Waals surface area contributed by atoms with Gasteiger partial charge in [0.25, 0.3) is 0 Å². The normalized spacial score (nSPS) is 20.4. The molecule has 18 heavy (non-hydrogen) atoms. The van der Waals surface area contributed by atoms with Crippen molar-refractivity contribution < 1.29 is 8.42 Å². The summed E-state index contributed by atoms with van der Waals surface area (Å²) in [4.78, 5) is 0. The van der Waals surface area contributed by atoms with Crippen LogP contribution < -0.4 is 5.32 Å². The Balaban J connectivity index is 1.94. The van der Waals surface area contributed by atoms with Crippen LogP contribution in [0.5, 0.6) is 0 Å². The third kappa shape index (κ3) is 3.31. The summed E-state index contributed by atoms with van der Waals surface area (Å²) in [6, 6.07) is 9.86. The average molecular weight is 268 g/mol. The lowest BCUT2D eigenvalue weighted by Gasteiger charge is -2.23. The topological polar surface area (TPSA) is 49.4 Å². The molecule has 1 aromatic rings. The van der Waals surface area contributed by atoms with Gasteiger partial charge in [-0.2, -0.15) is 0 Å². The molecule has 100 valence electrons. The maximum Gasteiger partial charge on any atom is 0.214 e. The van der Waals surface area contributed by atoms with Gasteiger partial charge >= 0.3 is 0 Å². The van der Waals surface area contributed by atoms with E-state index in [2.05, 4.69) is 5.32 Å². The summed E-state index contributed by atoms with van der Waals surface area (Å²) in [6.07, 6.45) is 1.48. The molecule has 1 atom stereocenters. The second-order valence-electron chi connectivity index (χ2n) is 4.71. The molecule has 0 spiro atoms. The van der Waals surface area contributed by atoms with Gasteiger partial charge in [0.15, 0.2) is 0 Å². The first-order valence-corrected chi connectivity index (χ1v) is 7.91. The van der Waals surface area contributed by atoms with Crippen LogP contribution in [0, 0.1) is 0 Å². The number of likely N-dealkylation sites (N-methyl/N-ethyl adjacent to an activating group) is 1. The number of aryl methyl sites for hydroxylation is 1. The fraction of sp³-hybridized carbons (Fsp3) is 0.538. The van der Waals surface area contributed by atoms with Crippen molar-refractivity contribution in [1.29, 1.82) is 0 Å². The molecule has 1 saturated heterocycles. The van der Waals surface area contributed by atoms with Gasteiger partial charge in [-0.3, -0.25) is 0 Å². The average Bonchev–Trinajstić information content (AvgIpc) is 2.90. The lowest BCUT2D eigenvalue weighted by atomic mass is 10.2. The molecule has 1 aromatic carbocycles. The van der Waals surface area contributed by atoms with E-state index in [0.29, 0.717) is 6.42 Å². The smallest absolute Gasteiger partial charge is 0.214 e. The van der Waals surface area contributed by atoms with E-state index in [-0.39, 0.29) is 11.8 Å². The maximum absolute atomic E-state index is 12.2. The molecule has 1 fully saturated rings. The van der Waals surface area contributed by atoms with Crippen LogP contribution in [0.2, 0.25) is 0 Å². The van der Waals surface area contributed by atoms with Gasteiger partial charge in [0, 0.05) is 19.6 Å². The molecular formula is C13H20N2O2S. The number of nitrogens with one attached hydrogen (secondary N) is 1. The van der Waals surface area contributed by atoms with E-state index < -0.39 is 10.0 Å². The van der Waals surface area contributed by atoms with Gasteiger partial charge in [-0.25, -0.2) is 12.7 Å². The molecule has 1 aliphatic heterocycles. The van der Waals surface area contributed by atoms with Crippen molar-refractivity contribution in [3.05, 3.63) is 35.9 Å². The lowest BCUT2D eigenvalue weighted by molar-refractivity contribution is 0.387. The van der Waals surface area contributed by atoms with Gasteiger partial charge in [-0.1, -0.05) is 30.3 Å². The van der Waals surface area contributed by atoms with Crippen LogP contribution >= 0.6 is 0 Å². The first-order chi connectivity index (χ1) is 8.59. The van der Waals surface area contributed by atoms with Crippen LogP contribution in [0.3, 0.4) is 0 Å². The lowest BCUT2D eigenvalue weighted by Crippen LogP contribution is -2.40. The molecule has 0 saturated carbocycles. The maximum atomic E-state index is 12.2. The summed E-state index contributed by atoms with van der Waals surface area (Å²) in [5, 5.41) is 3.19. The molecule has 0 aliphatic carbocycles. The Hall–Kier alpha value is -0.910. The number of hydrogen-bond donors (Lipinski definition) is 1. The Bertz CT molecular complexity index is 467. The van der Waals surface area contributed by atoms with Crippen LogP contribution in [0.25, 0.3) is 0 Å². The van der Waals surface area contributed by atoms with Crippen molar-refractivity contribution >= 4 is 10.0 Å². The van der Waals surface area contributed by atoms with Gasteiger partial charge in [0.1, 0.15) is 0 Å². The zero-order valence-corrected chi connectivity index (χ0v) is 11.5. The van der Waals surface area contributed by atoms with Crippen LogP contribution in [-0.4, -0.2) is 44.7 Å². The summed E-state index contributed by atoms with van der Waals surface area (Å²) in [5.74, 6) is 0.185. The minimum atomic E-state index is -3.15. The standard InChI is InChI=1S/C13H20N2O2S/c1-15(13-7-9-14-11-13)18(16,17)10-8-12-5-3-2-4-6-12/h2-6,13-14H,7-11H2,1H3. The molecule has 5 heteroatoms. The van der Waals surface area contributed by atoms with Gasteiger partial charge in [0.2, 0.25) is 10.0 Å². The molecule has 0 radical (unpaired) electrons. The Morgan fingerprint density at radius 3 is 2.67 bits per heavy atom. The van der Waals surface area contributed by atoms with Gasteiger partial charge in [-0.15, -0.1) is 0 Å². The summed E-state index contributed by atoms with van der Waals surface area (Å²) >= 11 is 0. The van der Waals surface area contributed by atoms with Crippen LogP contribution in [0.15, 0.2) is 30.3 Å². The third-order valence-corrected chi connectivity index (χ3v) is 5.37. The molecule has 4 nitrogen and oxygen atoms in total. The third-order valence-electron chi connectivity index (χ3n) is 3.48. The van der Waals surface area contributed by atoms with E-state index >= 15 is 0 Å². The fourth-order valence-corrected chi connectivity index (χ4v) is 3.63. The summed E-state index contributed by atoms with van der Waals surface area (Å²) in [6.45, 7) is 1.67. The molecule has 2 rings (SSSR count). The summed E-state index contributed by atoms with van der Waals surface area (Å²) < 4.78 is 25.9. The SMILES string of the molecule is CN(C1CCNC1)S(=O)(=O)CCc1ccccc1. The quantitative estimate of drug-likeness (QED) is 0.861. The monoisotopic (exact) mass is 268 g/mol. The minimum Gasteiger partial charge on any atom is -0.315 e. The van der Waals surface area contributed by atoms with E-state index in [4.69, 9.17) is 0 Å². The van der Waals surface area contributed by atoms with Crippen LogP contribution in [0.4, 0.5) is 0 Å². The second kappa shape index (κ2) is 5.82. The van der Waals surface area contributed by atoms with Crippen molar-refractivity contribution in [2.75, 3.05) is 25.9 Å². The number of benzene rings is 1. The summed E-state index contributed by atoms with van der Waals surface area (Å²) in [7, 11) is -1.46. The Kier molecular flexibility index (Phi) is 4.37. The Morgan fingerprint density at radius 1 is 1.33 bits per heavy atom. The molecule has 0 bridgehead atoms. The van der Waals surface area contributed by atoms with Crippen molar-refractivity contribution in [3.63, 3.8) is 0 Å². The fourth-order valence-electron chi connectivity index (χ4n) is 2.21. The van der Waals surface area contributed by atoms with Gasteiger partial charge < -0.3 is 5.32 Å². The van der Waals surface area contributed by atoms with E-state index in [1.54, 1.807) is 7.05 Å². The van der Waals surface area contributed by atoms with E-state index in [0.717, 1.165) is 25.1 Å². The highest BCUT2D eigenvalue weighted by Gasteiger charge is 2.28. The Labute approximate surface area is 109 Å². The molecule has 1 N–H and O–H groups in total. The van der Waals surface area contributed by atoms with Gasteiger partial charge in [-0.05, 0) is 24.9 Å². The number of nitrogens with zero attached hydrogens (tertiary/aromatic N) is 1. The number of rotatable bonds is 5. The second-order valence-corrected chi connectivity index (χ2v) is 6.86. The first-order valence-electron chi connectivity index (χ1n) is 6.30. The summed E-state index contributed by atoms with van der Waals surface area (Å²) in [5.41, 5.74) is 1.07. The molecule has 0 aromatic heterocycles. The van der Waals surface area contributed by atoms with E-state index in [1.807, 2.05) is 30.3 Å². The zero-order valence-electron chi connectivity index (χ0n) is 10.7. The highest BCUT2D eigenvalue weighted by Crippen LogP contribution is 2.13. The molecule has 0 amide bonds. The van der Waals surface area contributed by atoms with E-state index in [9.17, 15) is 8.42 Å². The highest BCUT2D eigenvalue weighted by atomic mass is 32.2. The minimum absolute atomic E-state index is 0.116. The van der Waals surface area contributed by atoms with Crippen molar-refractivity contribution in [3.8, 4) is 0 Å². The van der Waals surface area contributed by atoms with E-state index in [1.165, 1.54) is 4.31 Å². The first kappa shape index (κ1) is 13.5. The molecule has 1 heterocycles.